The summed E-state index contributed by atoms with van der Waals surface area (Å²) in [5.41, 5.74) is 1.39. The zero-order valence-electron chi connectivity index (χ0n) is 17.2. The van der Waals surface area contributed by atoms with Crippen molar-refractivity contribution in [2.75, 3.05) is 31.1 Å². The van der Waals surface area contributed by atoms with Gasteiger partial charge in [-0.25, -0.2) is 13.4 Å². The van der Waals surface area contributed by atoms with Crippen LogP contribution in [0.3, 0.4) is 0 Å². The first kappa shape index (κ1) is 20.3. The van der Waals surface area contributed by atoms with Crippen LogP contribution in [0.2, 0.25) is 0 Å². The van der Waals surface area contributed by atoms with E-state index in [0.717, 1.165) is 11.4 Å². The van der Waals surface area contributed by atoms with Crippen molar-refractivity contribution < 1.29 is 12.8 Å². The highest BCUT2D eigenvalue weighted by molar-refractivity contribution is 7.89. The van der Waals surface area contributed by atoms with Crippen LogP contribution in [0.4, 0.5) is 5.82 Å². The van der Waals surface area contributed by atoms with E-state index in [0.29, 0.717) is 31.7 Å². The Labute approximate surface area is 186 Å². The number of anilines is 1. The topological polar surface area (TPSA) is 92.4 Å². The van der Waals surface area contributed by atoms with E-state index in [1.54, 1.807) is 18.6 Å². The first-order valence-electron chi connectivity index (χ1n) is 10.3. The second-order valence-corrected chi connectivity index (χ2v) is 9.19. The Kier molecular flexibility index (Phi) is 5.42. The van der Waals surface area contributed by atoms with Gasteiger partial charge in [0, 0.05) is 49.7 Å². The second-order valence-electron chi connectivity index (χ2n) is 7.34. The molecule has 0 N–H and O–H groups in total. The van der Waals surface area contributed by atoms with Crippen LogP contribution in [0.5, 0.6) is 0 Å². The summed E-state index contributed by atoms with van der Waals surface area (Å²) in [4.78, 5) is 14.9. The number of oxazole rings is 1. The predicted molar refractivity (Wildman–Crippen MR) is 120 cm³/mol. The van der Waals surface area contributed by atoms with Gasteiger partial charge in [0.05, 0.1) is 6.20 Å². The maximum absolute atomic E-state index is 13.6. The fourth-order valence-electron chi connectivity index (χ4n) is 3.69. The van der Waals surface area contributed by atoms with E-state index in [1.807, 2.05) is 65.6 Å². The van der Waals surface area contributed by atoms with Crippen LogP contribution in [0.15, 0.2) is 88.7 Å². The maximum Gasteiger partial charge on any atom is 0.264 e. The van der Waals surface area contributed by atoms with Gasteiger partial charge in [-0.2, -0.15) is 9.29 Å². The van der Waals surface area contributed by atoms with E-state index in [4.69, 9.17) is 4.42 Å². The highest BCUT2D eigenvalue weighted by atomic mass is 32.2. The molecule has 0 saturated carbocycles. The van der Waals surface area contributed by atoms with Gasteiger partial charge in [-0.1, -0.05) is 48.5 Å². The van der Waals surface area contributed by atoms with Gasteiger partial charge in [-0.05, 0) is 12.1 Å². The SMILES string of the molecule is O=S(=O)(c1nc(-c2ccccc2)oc1-c1ccccc1)N1CCN(c2cnccn2)CC1. The summed E-state index contributed by atoms with van der Waals surface area (Å²) in [6.45, 7) is 1.67. The number of sulfonamides is 1. The minimum atomic E-state index is -3.87. The summed E-state index contributed by atoms with van der Waals surface area (Å²) in [5.74, 6) is 1.27. The van der Waals surface area contributed by atoms with E-state index >= 15 is 0 Å². The van der Waals surface area contributed by atoms with Gasteiger partial charge < -0.3 is 9.32 Å². The predicted octanol–water partition coefficient (Wildman–Crippen LogP) is 3.31. The van der Waals surface area contributed by atoms with Gasteiger partial charge in [0.15, 0.2) is 5.76 Å². The summed E-state index contributed by atoms with van der Waals surface area (Å²) in [6.07, 6.45) is 4.93. The molecule has 1 saturated heterocycles. The molecule has 8 nitrogen and oxygen atoms in total. The van der Waals surface area contributed by atoms with Crippen molar-refractivity contribution >= 4 is 15.8 Å². The van der Waals surface area contributed by atoms with Crippen molar-refractivity contribution in [3.8, 4) is 22.8 Å². The molecule has 0 atom stereocenters. The molecule has 9 heteroatoms. The van der Waals surface area contributed by atoms with E-state index < -0.39 is 10.0 Å². The van der Waals surface area contributed by atoms with Crippen LogP contribution < -0.4 is 4.90 Å². The molecule has 0 radical (unpaired) electrons. The van der Waals surface area contributed by atoms with Crippen LogP contribution in [-0.2, 0) is 10.0 Å². The van der Waals surface area contributed by atoms with Gasteiger partial charge in [-0.15, -0.1) is 0 Å². The summed E-state index contributed by atoms with van der Waals surface area (Å²) >= 11 is 0. The lowest BCUT2D eigenvalue weighted by atomic mass is 10.2. The number of hydrogen-bond acceptors (Lipinski definition) is 7. The maximum atomic E-state index is 13.6. The van der Waals surface area contributed by atoms with Crippen LogP contribution >= 0.6 is 0 Å². The molecule has 0 unspecified atom stereocenters. The third kappa shape index (κ3) is 3.88. The molecule has 1 aliphatic rings. The zero-order valence-corrected chi connectivity index (χ0v) is 18.0. The van der Waals surface area contributed by atoms with Crippen molar-refractivity contribution in [1.82, 2.24) is 19.3 Å². The Morgan fingerprint density at radius 2 is 1.47 bits per heavy atom. The number of piperazine rings is 1. The van der Waals surface area contributed by atoms with Crippen molar-refractivity contribution in [3.05, 3.63) is 79.3 Å². The van der Waals surface area contributed by atoms with Crippen LogP contribution in [-0.4, -0.2) is 53.9 Å². The van der Waals surface area contributed by atoms with Crippen LogP contribution in [0, 0.1) is 0 Å². The molecule has 0 spiro atoms. The number of aromatic nitrogens is 3. The van der Waals surface area contributed by atoms with Gasteiger partial charge in [0.1, 0.15) is 5.82 Å². The van der Waals surface area contributed by atoms with E-state index in [9.17, 15) is 8.42 Å². The lowest BCUT2D eigenvalue weighted by molar-refractivity contribution is 0.382. The average Bonchev–Trinajstić information content (AvgIpc) is 3.32. The molecule has 162 valence electrons. The molecule has 5 rings (SSSR count). The number of nitrogens with zero attached hydrogens (tertiary/aromatic N) is 5. The van der Waals surface area contributed by atoms with Gasteiger partial charge in [-0.3, -0.25) is 4.98 Å². The molecular weight excluding hydrogens is 426 g/mol. The monoisotopic (exact) mass is 447 g/mol. The Morgan fingerprint density at radius 1 is 0.812 bits per heavy atom. The molecule has 0 bridgehead atoms. The fraction of sp³-hybridized carbons (Fsp3) is 0.174. The zero-order chi connectivity index (χ0) is 22.0. The lowest BCUT2D eigenvalue weighted by Gasteiger charge is -2.34. The smallest absolute Gasteiger partial charge is 0.264 e. The largest absolute Gasteiger partial charge is 0.435 e. The molecule has 3 heterocycles. The van der Waals surface area contributed by atoms with Crippen molar-refractivity contribution in [1.29, 1.82) is 0 Å². The van der Waals surface area contributed by atoms with Crippen molar-refractivity contribution in [2.24, 2.45) is 0 Å². The minimum Gasteiger partial charge on any atom is -0.435 e. The summed E-state index contributed by atoms with van der Waals surface area (Å²) in [5, 5.41) is -0.0597. The lowest BCUT2D eigenvalue weighted by Crippen LogP contribution is -2.49. The molecular formula is C23H21N5O3S. The summed E-state index contributed by atoms with van der Waals surface area (Å²) < 4.78 is 34.7. The fourth-order valence-corrected chi connectivity index (χ4v) is 5.17. The standard InChI is InChI=1S/C23H21N5O3S/c29-32(30,28-15-13-27(14-16-28)20-17-24-11-12-25-20)23-21(18-7-3-1-4-8-18)31-22(26-23)19-9-5-2-6-10-19/h1-12,17H,13-16H2. The second kappa shape index (κ2) is 8.52. The molecule has 0 aliphatic carbocycles. The molecule has 1 fully saturated rings. The first-order chi connectivity index (χ1) is 15.6. The normalized spacial score (nSPS) is 15.1. The quantitative estimate of drug-likeness (QED) is 0.463. The molecule has 2 aromatic heterocycles. The Morgan fingerprint density at radius 3 is 2.09 bits per heavy atom. The minimum absolute atomic E-state index is 0.0597. The molecule has 1 aliphatic heterocycles. The van der Waals surface area contributed by atoms with Gasteiger partial charge >= 0.3 is 0 Å². The molecule has 2 aromatic carbocycles. The van der Waals surface area contributed by atoms with E-state index in [-0.39, 0.29) is 16.7 Å². The first-order valence-corrected chi connectivity index (χ1v) is 11.7. The molecule has 0 amide bonds. The third-order valence-electron chi connectivity index (χ3n) is 5.35. The van der Waals surface area contributed by atoms with Crippen molar-refractivity contribution in [3.63, 3.8) is 0 Å². The highest BCUT2D eigenvalue weighted by Crippen LogP contribution is 2.34. The average molecular weight is 448 g/mol. The van der Waals surface area contributed by atoms with Crippen LogP contribution in [0.1, 0.15) is 0 Å². The van der Waals surface area contributed by atoms with Gasteiger partial charge in [0.2, 0.25) is 10.9 Å². The van der Waals surface area contributed by atoms with E-state index in [2.05, 4.69) is 15.0 Å². The van der Waals surface area contributed by atoms with Crippen LogP contribution in [0.25, 0.3) is 22.8 Å². The third-order valence-corrected chi connectivity index (χ3v) is 7.16. The Balaban J connectivity index is 1.48. The van der Waals surface area contributed by atoms with E-state index in [1.165, 1.54) is 4.31 Å². The molecule has 4 aromatic rings. The highest BCUT2D eigenvalue weighted by Gasteiger charge is 2.35. The summed E-state index contributed by atoms with van der Waals surface area (Å²) in [6, 6.07) is 18.5. The van der Waals surface area contributed by atoms with Gasteiger partial charge in [0.25, 0.3) is 10.0 Å². The number of benzene rings is 2. The summed E-state index contributed by atoms with van der Waals surface area (Å²) in [7, 11) is -3.87. The Hall–Kier alpha value is -3.56. The van der Waals surface area contributed by atoms with Crippen molar-refractivity contribution in [2.45, 2.75) is 5.03 Å². The Bertz CT molecular complexity index is 1290. The molecule has 32 heavy (non-hydrogen) atoms. The number of hydrogen-bond donors (Lipinski definition) is 0. The number of rotatable bonds is 5.